The van der Waals surface area contributed by atoms with Crippen LogP contribution in [-0.4, -0.2) is 22.6 Å². The summed E-state index contributed by atoms with van der Waals surface area (Å²) in [6, 6.07) is 15.2. The lowest BCUT2D eigenvalue weighted by Crippen LogP contribution is -2.01. The van der Waals surface area contributed by atoms with Crippen LogP contribution in [0.4, 0.5) is 0 Å². The number of benzene rings is 2. The third kappa shape index (κ3) is 2.94. The summed E-state index contributed by atoms with van der Waals surface area (Å²) >= 11 is 0. The molecule has 3 rings (SSSR count). The largest absolute Gasteiger partial charge is 0.465 e. The number of fused-ring (bicyclic) bond motifs is 1. The molecular weight excluding hydrogens is 264 g/mol. The van der Waals surface area contributed by atoms with Crippen LogP contribution in [-0.2, 0) is 4.74 Å². The van der Waals surface area contributed by atoms with Crippen molar-refractivity contribution in [2.75, 3.05) is 7.11 Å². The summed E-state index contributed by atoms with van der Waals surface area (Å²) in [7, 11) is 1.37. The number of para-hydroxylation sites is 2. The van der Waals surface area contributed by atoms with Crippen molar-refractivity contribution in [3.05, 3.63) is 60.4 Å². The van der Waals surface area contributed by atoms with Crippen LogP contribution in [0.5, 0.6) is 0 Å². The zero-order chi connectivity index (χ0) is 15.2. The van der Waals surface area contributed by atoms with Gasteiger partial charge in [0, 0.05) is 5.69 Å². The lowest BCUT2D eigenvalue weighted by atomic mass is 10.2. The minimum atomic E-state index is -0.331. The van der Waals surface area contributed by atoms with Crippen molar-refractivity contribution in [2.45, 2.75) is 13.8 Å². The number of hydrogen-bond donors (Lipinski definition) is 0. The van der Waals surface area contributed by atoms with E-state index in [0.717, 1.165) is 16.7 Å². The highest BCUT2D eigenvalue weighted by Gasteiger charge is 2.07. The first-order valence-corrected chi connectivity index (χ1v) is 6.90. The number of nitrogens with zero attached hydrogens (tertiary/aromatic N) is 2. The van der Waals surface area contributed by atoms with Crippen LogP contribution in [0.1, 0.15) is 24.2 Å². The van der Waals surface area contributed by atoms with Gasteiger partial charge in [-0.3, -0.25) is 4.57 Å². The average Bonchev–Trinajstić information content (AvgIpc) is 3.00. The number of imidazole rings is 1. The number of rotatable bonds is 2. The van der Waals surface area contributed by atoms with E-state index in [1.54, 1.807) is 18.5 Å². The fourth-order valence-corrected chi connectivity index (χ4v) is 2.04. The van der Waals surface area contributed by atoms with Gasteiger partial charge in [0.05, 0.1) is 23.7 Å². The summed E-state index contributed by atoms with van der Waals surface area (Å²) in [5, 5.41) is 0. The molecule has 0 bridgehead atoms. The highest BCUT2D eigenvalue weighted by molar-refractivity contribution is 5.89. The van der Waals surface area contributed by atoms with E-state index in [0.29, 0.717) is 5.56 Å². The highest BCUT2D eigenvalue weighted by Crippen LogP contribution is 2.18. The van der Waals surface area contributed by atoms with Crippen molar-refractivity contribution in [2.24, 2.45) is 0 Å². The molecule has 0 spiro atoms. The van der Waals surface area contributed by atoms with E-state index in [1.807, 2.05) is 54.8 Å². The van der Waals surface area contributed by atoms with Crippen molar-refractivity contribution < 1.29 is 9.53 Å². The maximum Gasteiger partial charge on any atom is 0.337 e. The van der Waals surface area contributed by atoms with Gasteiger partial charge in [0.15, 0.2) is 0 Å². The number of esters is 1. The van der Waals surface area contributed by atoms with Crippen LogP contribution in [0.2, 0.25) is 0 Å². The molecule has 3 aromatic rings. The average molecular weight is 282 g/mol. The molecule has 21 heavy (non-hydrogen) atoms. The van der Waals surface area contributed by atoms with Gasteiger partial charge >= 0.3 is 5.97 Å². The maximum absolute atomic E-state index is 11.4. The molecule has 0 saturated carbocycles. The Morgan fingerprint density at radius 2 is 1.71 bits per heavy atom. The molecule has 0 aliphatic carbocycles. The lowest BCUT2D eigenvalue weighted by molar-refractivity contribution is 0.0601. The van der Waals surface area contributed by atoms with E-state index >= 15 is 0 Å². The monoisotopic (exact) mass is 282 g/mol. The molecule has 0 aliphatic rings. The Balaban J connectivity index is 0.000000774. The van der Waals surface area contributed by atoms with E-state index in [-0.39, 0.29) is 5.97 Å². The van der Waals surface area contributed by atoms with E-state index in [4.69, 9.17) is 0 Å². The van der Waals surface area contributed by atoms with Gasteiger partial charge in [0.1, 0.15) is 6.33 Å². The molecule has 1 aromatic heterocycles. The highest BCUT2D eigenvalue weighted by atomic mass is 16.5. The van der Waals surface area contributed by atoms with Crippen molar-refractivity contribution in [3.8, 4) is 5.69 Å². The summed E-state index contributed by atoms with van der Waals surface area (Å²) in [5.74, 6) is -0.331. The predicted octanol–water partition coefficient (Wildman–Crippen LogP) is 3.84. The standard InChI is InChI=1S/C15H12N2O2.C2H6/c1-19-15(18)11-6-8-12(9-7-11)17-10-16-13-4-2-3-5-14(13)17;1-2/h2-10H,1H3;1-2H3. The zero-order valence-corrected chi connectivity index (χ0v) is 12.4. The molecule has 0 radical (unpaired) electrons. The second-order valence-corrected chi connectivity index (χ2v) is 4.14. The molecule has 1 heterocycles. The van der Waals surface area contributed by atoms with E-state index < -0.39 is 0 Å². The first-order valence-electron chi connectivity index (χ1n) is 6.90. The molecule has 0 saturated heterocycles. The quantitative estimate of drug-likeness (QED) is 0.671. The van der Waals surface area contributed by atoms with Gasteiger partial charge in [-0.25, -0.2) is 9.78 Å². The topological polar surface area (TPSA) is 44.1 Å². The van der Waals surface area contributed by atoms with Crippen LogP contribution < -0.4 is 0 Å². The maximum atomic E-state index is 11.4. The Kier molecular flexibility index (Phi) is 4.72. The van der Waals surface area contributed by atoms with Crippen molar-refractivity contribution in [1.29, 1.82) is 0 Å². The Bertz CT molecular complexity index is 730. The Hall–Kier alpha value is -2.62. The predicted molar refractivity (Wildman–Crippen MR) is 83.8 cm³/mol. The van der Waals surface area contributed by atoms with Crippen molar-refractivity contribution in [1.82, 2.24) is 9.55 Å². The van der Waals surface area contributed by atoms with Crippen LogP contribution in [0, 0.1) is 0 Å². The second-order valence-electron chi connectivity index (χ2n) is 4.14. The smallest absolute Gasteiger partial charge is 0.337 e. The number of methoxy groups -OCH3 is 1. The number of carbonyl (C=O) groups is 1. The summed E-state index contributed by atoms with van der Waals surface area (Å²) in [6.45, 7) is 4.00. The Morgan fingerprint density at radius 1 is 1.05 bits per heavy atom. The summed E-state index contributed by atoms with van der Waals surface area (Å²) < 4.78 is 6.66. The molecule has 0 unspecified atom stereocenters. The first kappa shape index (κ1) is 14.8. The van der Waals surface area contributed by atoms with Crippen LogP contribution in [0.3, 0.4) is 0 Å². The summed E-state index contributed by atoms with van der Waals surface area (Å²) in [6.07, 6.45) is 1.78. The summed E-state index contributed by atoms with van der Waals surface area (Å²) in [4.78, 5) is 15.7. The van der Waals surface area contributed by atoms with Gasteiger partial charge in [0.25, 0.3) is 0 Å². The second kappa shape index (κ2) is 6.70. The number of ether oxygens (including phenoxy) is 1. The number of hydrogen-bond acceptors (Lipinski definition) is 3. The molecule has 4 heteroatoms. The lowest BCUT2D eigenvalue weighted by Gasteiger charge is -2.05. The fourth-order valence-electron chi connectivity index (χ4n) is 2.04. The molecule has 4 nitrogen and oxygen atoms in total. The van der Waals surface area contributed by atoms with Gasteiger partial charge in [0.2, 0.25) is 0 Å². The van der Waals surface area contributed by atoms with Gasteiger partial charge < -0.3 is 4.74 Å². The summed E-state index contributed by atoms with van der Waals surface area (Å²) in [5.41, 5.74) is 3.48. The van der Waals surface area contributed by atoms with E-state index in [1.165, 1.54) is 7.11 Å². The number of aromatic nitrogens is 2. The molecule has 0 N–H and O–H groups in total. The Morgan fingerprint density at radius 3 is 2.38 bits per heavy atom. The molecule has 0 atom stereocenters. The van der Waals surface area contributed by atoms with E-state index in [9.17, 15) is 4.79 Å². The number of carbonyl (C=O) groups excluding carboxylic acids is 1. The van der Waals surface area contributed by atoms with Gasteiger partial charge in [-0.15, -0.1) is 0 Å². The molecule has 2 aromatic carbocycles. The Labute approximate surface area is 124 Å². The normalized spacial score (nSPS) is 9.86. The van der Waals surface area contributed by atoms with Crippen LogP contribution in [0.25, 0.3) is 16.7 Å². The van der Waals surface area contributed by atoms with Gasteiger partial charge in [-0.05, 0) is 36.4 Å². The molecule has 0 aliphatic heterocycles. The third-order valence-corrected chi connectivity index (χ3v) is 3.02. The van der Waals surface area contributed by atoms with E-state index in [2.05, 4.69) is 9.72 Å². The first-order chi connectivity index (χ1) is 10.3. The molecular formula is C17H18N2O2. The van der Waals surface area contributed by atoms with Crippen LogP contribution in [0.15, 0.2) is 54.9 Å². The van der Waals surface area contributed by atoms with Crippen molar-refractivity contribution >= 4 is 17.0 Å². The minimum Gasteiger partial charge on any atom is -0.465 e. The molecule has 108 valence electrons. The molecule has 0 fully saturated rings. The fraction of sp³-hybridized carbons (Fsp3) is 0.176. The van der Waals surface area contributed by atoms with Crippen LogP contribution >= 0.6 is 0 Å². The van der Waals surface area contributed by atoms with Crippen molar-refractivity contribution in [3.63, 3.8) is 0 Å². The van der Waals surface area contributed by atoms with Gasteiger partial charge in [-0.1, -0.05) is 26.0 Å². The zero-order valence-electron chi connectivity index (χ0n) is 12.4. The SMILES string of the molecule is CC.COC(=O)c1ccc(-n2cnc3ccccc32)cc1. The molecule has 0 amide bonds. The third-order valence-electron chi connectivity index (χ3n) is 3.02. The van der Waals surface area contributed by atoms with Gasteiger partial charge in [-0.2, -0.15) is 0 Å². The minimum absolute atomic E-state index is 0.331.